The summed E-state index contributed by atoms with van der Waals surface area (Å²) < 4.78 is 2.03. The number of fused-ring (bicyclic) bond motifs is 1. The first-order valence-corrected chi connectivity index (χ1v) is 7.40. The fraction of sp³-hybridized carbons (Fsp3) is 0.438. The van der Waals surface area contributed by atoms with E-state index in [2.05, 4.69) is 47.8 Å². The molecular weight excluding hydrogens is 248 g/mol. The van der Waals surface area contributed by atoms with Crippen molar-refractivity contribution >= 4 is 0 Å². The summed E-state index contributed by atoms with van der Waals surface area (Å²) in [5.74, 6) is 6.31. The molecule has 4 heteroatoms. The number of rotatable bonds is 4. The van der Waals surface area contributed by atoms with Gasteiger partial charge in [-0.05, 0) is 43.4 Å². The number of nitrogens with two attached hydrogens (primary N) is 1. The number of aromatic nitrogens is 2. The van der Waals surface area contributed by atoms with Gasteiger partial charge in [0, 0.05) is 18.7 Å². The second kappa shape index (κ2) is 5.77. The highest BCUT2D eigenvalue weighted by Crippen LogP contribution is 2.39. The molecule has 2 aromatic rings. The molecule has 3 N–H and O–H groups in total. The SMILES string of the molecule is CCn1nccc1C(NN)C1CCCc2ccccc21. The Kier molecular flexibility index (Phi) is 3.85. The summed E-state index contributed by atoms with van der Waals surface area (Å²) in [6, 6.07) is 10.9. The maximum atomic E-state index is 5.88. The first-order chi connectivity index (χ1) is 9.85. The highest BCUT2D eigenvalue weighted by atomic mass is 15.3. The van der Waals surface area contributed by atoms with Gasteiger partial charge in [-0.2, -0.15) is 5.10 Å². The molecule has 0 aliphatic heterocycles. The summed E-state index contributed by atoms with van der Waals surface area (Å²) >= 11 is 0. The molecule has 1 aliphatic carbocycles. The molecule has 1 aromatic carbocycles. The average molecular weight is 270 g/mol. The number of nitrogens with zero attached hydrogens (tertiary/aromatic N) is 2. The number of benzene rings is 1. The van der Waals surface area contributed by atoms with E-state index in [9.17, 15) is 0 Å². The van der Waals surface area contributed by atoms with Gasteiger partial charge in [-0.15, -0.1) is 0 Å². The zero-order chi connectivity index (χ0) is 13.9. The summed E-state index contributed by atoms with van der Waals surface area (Å²) in [6.07, 6.45) is 5.43. The van der Waals surface area contributed by atoms with Crippen LogP contribution >= 0.6 is 0 Å². The second-order valence-electron chi connectivity index (χ2n) is 5.41. The van der Waals surface area contributed by atoms with Crippen LogP contribution in [-0.4, -0.2) is 9.78 Å². The molecule has 1 aromatic heterocycles. The van der Waals surface area contributed by atoms with E-state index in [4.69, 9.17) is 5.84 Å². The highest BCUT2D eigenvalue weighted by molar-refractivity contribution is 5.35. The van der Waals surface area contributed by atoms with E-state index in [1.54, 1.807) is 0 Å². The van der Waals surface area contributed by atoms with Gasteiger partial charge in [0.25, 0.3) is 0 Å². The van der Waals surface area contributed by atoms with E-state index in [0.717, 1.165) is 6.54 Å². The fourth-order valence-electron chi connectivity index (χ4n) is 3.42. The van der Waals surface area contributed by atoms with Gasteiger partial charge in [-0.25, -0.2) is 0 Å². The van der Waals surface area contributed by atoms with E-state index < -0.39 is 0 Å². The zero-order valence-corrected chi connectivity index (χ0v) is 11.9. The number of hydrogen-bond acceptors (Lipinski definition) is 3. The predicted molar refractivity (Wildman–Crippen MR) is 80.1 cm³/mol. The Bertz CT molecular complexity index is 575. The largest absolute Gasteiger partial charge is 0.271 e. The summed E-state index contributed by atoms with van der Waals surface area (Å²) in [5, 5.41) is 4.38. The molecule has 0 spiro atoms. The van der Waals surface area contributed by atoms with Crippen molar-refractivity contribution in [2.45, 2.75) is 44.7 Å². The third-order valence-electron chi connectivity index (χ3n) is 4.37. The van der Waals surface area contributed by atoms with Crippen molar-refractivity contribution in [2.24, 2.45) is 5.84 Å². The van der Waals surface area contributed by atoms with Crippen LogP contribution in [0, 0.1) is 0 Å². The van der Waals surface area contributed by atoms with E-state index in [1.807, 2.05) is 10.9 Å². The lowest BCUT2D eigenvalue weighted by Gasteiger charge is -2.32. The van der Waals surface area contributed by atoms with Gasteiger partial charge >= 0.3 is 0 Å². The Morgan fingerprint density at radius 2 is 2.25 bits per heavy atom. The van der Waals surface area contributed by atoms with Gasteiger partial charge in [0.2, 0.25) is 0 Å². The van der Waals surface area contributed by atoms with Gasteiger partial charge in [0.15, 0.2) is 0 Å². The summed E-state index contributed by atoms with van der Waals surface area (Å²) in [6.45, 7) is 2.98. The van der Waals surface area contributed by atoms with Crippen molar-refractivity contribution in [1.29, 1.82) is 0 Å². The van der Waals surface area contributed by atoms with Crippen LogP contribution in [-0.2, 0) is 13.0 Å². The Morgan fingerprint density at radius 3 is 3.05 bits per heavy atom. The number of hydrazine groups is 1. The molecule has 0 amide bonds. The van der Waals surface area contributed by atoms with Crippen molar-refractivity contribution < 1.29 is 0 Å². The molecule has 2 unspecified atom stereocenters. The van der Waals surface area contributed by atoms with Crippen molar-refractivity contribution in [1.82, 2.24) is 15.2 Å². The molecule has 4 nitrogen and oxygen atoms in total. The van der Waals surface area contributed by atoms with Crippen LogP contribution in [0.4, 0.5) is 0 Å². The first kappa shape index (κ1) is 13.3. The first-order valence-electron chi connectivity index (χ1n) is 7.40. The molecule has 0 radical (unpaired) electrons. The monoisotopic (exact) mass is 270 g/mol. The topological polar surface area (TPSA) is 55.9 Å². The number of aryl methyl sites for hydroxylation is 2. The highest BCUT2D eigenvalue weighted by Gasteiger charge is 2.29. The van der Waals surface area contributed by atoms with Crippen LogP contribution < -0.4 is 11.3 Å². The summed E-state index contributed by atoms with van der Waals surface area (Å²) in [7, 11) is 0. The minimum atomic E-state index is 0.124. The maximum absolute atomic E-state index is 5.88. The Hall–Kier alpha value is -1.65. The molecule has 1 heterocycles. The van der Waals surface area contributed by atoms with Gasteiger partial charge in [-0.1, -0.05) is 24.3 Å². The zero-order valence-electron chi connectivity index (χ0n) is 11.9. The quantitative estimate of drug-likeness (QED) is 0.663. The third kappa shape index (κ3) is 2.25. The number of nitrogens with one attached hydrogen (secondary N) is 1. The molecule has 3 rings (SSSR count). The normalized spacial score (nSPS) is 19.6. The van der Waals surface area contributed by atoms with Crippen molar-refractivity contribution in [2.75, 3.05) is 0 Å². The predicted octanol–water partition coefficient (Wildman–Crippen LogP) is 2.53. The van der Waals surface area contributed by atoms with Gasteiger partial charge in [0.1, 0.15) is 0 Å². The molecule has 0 saturated carbocycles. The smallest absolute Gasteiger partial charge is 0.0697 e. The average Bonchev–Trinajstić information content (AvgIpc) is 2.97. The van der Waals surface area contributed by atoms with Crippen LogP contribution in [0.5, 0.6) is 0 Å². The maximum Gasteiger partial charge on any atom is 0.0697 e. The molecular formula is C16H22N4. The standard InChI is InChI=1S/C16H22N4/c1-2-20-15(10-11-18-20)16(19-17)14-9-5-7-12-6-3-4-8-13(12)14/h3-4,6,8,10-11,14,16,19H,2,5,7,9,17H2,1H3. The number of hydrogen-bond donors (Lipinski definition) is 2. The molecule has 0 saturated heterocycles. The van der Waals surface area contributed by atoms with Crippen LogP contribution in [0.1, 0.15) is 48.5 Å². The Balaban J connectivity index is 1.99. The van der Waals surface area contributed by atoms with Crippen molar-refractivity contribution in [3.63, 3.8) is 0 Å². The minimum Gasteiger partial charge on any atom is -0.271 e. The van der Waals surface area contributed by atoms with Crippen LogP contribution in [0.2, 0.25) is 0 Å². The molecule has 0 fully saturated rings. The van der Waals surface area contributed by atoms with Gasteiger partial charge < -0.3 is 0 Å². The molecule has 106 valence electrons. The van der Waals surface area contributed by atoms with Crippen molar-refractivity contribution in [3.05, 3.63) is 53.3 Å². The Morgan fingerprint density at radius 1 is 1.40 bits per heavy atom. The van der Waals surface area contributed by atoms with Crippen LogP contribution in [0.15, 0.2) is 36.5 Å². The van der Waals surface area contributed by atoms with Gasteiger partial charge in [-0.3, -0.25) is 16.0 Å². The van der Waals surface area contributed by atoms with Crippen LogP contribution in [0.3, 0.4) is 0 Å². The van der Waals surface area contributed by atoms with E-state index in [-0.39, 0.29) is 6.04 Å². The Labute approximate surface area is 120 Å². The van der Waals surface area contributed by atoms with Crippen LogP contribution in [0.25, 0.3) is 0 Å². The van der Waals surface area contributed by atoms with E-state index in [1.165, 1.54) is 36.1 Å². The lowest BCUT2D eigenvalue weighted by atomic mass is 9.78. The van der Waals surface area contributed by atoms with Gasteiger partial charge in [0.05, 0.1) is 11.7 Å². The third-order valence-corrected chi connectivity index (χ3v) is 4.37. The summed E-state index contributed by atoms with van der Waals surface area (Å²) in [4.78, 5) is 0. The van der Waals surface area contributed by atoms with E-state index >= 15 is 0 Å². The minimum absolute atomic E-state index is 0.124. The van der Waals surface area contributed by atoms with Crippen molar-refractivity contribution in [3.8, 4) is 0 Å². The lowest BCUT2D eigenvalue weighted by Crippen LogP contribution is -2.35. The second-order valence-corrected chi connectivity index (χ2v) is 5.41. The molecule has 2 atom stereocenters. The van der Waals surface area contributed by atoms with E-state index in [0.29, 0.717) is 5.92 Å². The molecule has 20 heavy (non-hydrogen) atoms. The molecule has 0 bridgehead atoms. The molecule has 1 aliphatic rings. The fourth-order valence-corrected chi connectivity index (χ4v) is 3.42. The lowest BCUT2D eigenvalue weighted by molar-refractivity contribution is 0.384. The summed E-state index contributed by atoms with van der Waals surface area (Å²) in [5.41, 5.74) is 7.11.